The molecular weight excluding hydrogens is 158 g/mol. The van der Waals surface area contributed by atoms with Crippen molar-refractivity contribution < 1.29 is 17.0 Å². The van der Waals surface area contributed by atoms with Gasteiger partial charge in [-0.2, -0.15) is 0 Å². The zero-order valence-corrected chi connectivity index (χ0v) is 7.80. The number of aryl methyl sites for hydroxylation is 2. The number of aromatic nitrogens is 1. The van der Waals surface area contributed by atoms with Gasteiger partial charge in [-0.15, -0.1) is 0 Å². The van der Waals surface area contributed by atoms with E-state index in [-0.39, 0.29) is 12.4 Å². The van der Waals surface area contributed by atoms with Crippen LogP contribution in [-0.2, 0) is 13.5 Å². The van der Waals surface area contributed by atoms with Gasteiger partial charge in [0.05, 0.1) is 0 Å². The third-order valence-electron chi connectivity index (χ3n) is 1.67. The summed E-state index contributed by atoms with van der Waals surface area (Å²) in [5.41, 5.74) is 1.41. The fourth-order valence-electron chi connectivity index (χ4n) is 1.07. The minimum Gasteiger partial charge on any atom is -1.00 e. The second-order valence-electron chi connectivity index (χ2n) is 2.55. The Labute approximate surface area is 74.5 Å². The number of pyridine rings is 1. The summed E-state index contributed by atoms with van der Waals surface area (Å²) in [6.45, 7) is 2.20. The summed E-state index contributed by atoms with van der Waals surface area (Å²) >= 11 is 0. The molecule has 0 radical (unpaired) electrons. The summed E-state index contributed by atoms with van der Waals surface area (Å²) in [4.78, 5) is 0. The molecule has 1 heterocycles. The van der Waals surface area contributed by atoms with E-state index in [1.54, 1.807) is 0 Å². The van der Waals surface area contributed by atoms with Gasteiger partial charge < -0.3 is 12.4 Å². The molecule has 1 aromatic rings. The third-order valence-corrected chi connectivity index (χ3v) is 1.67. The van der Waals surface area contributed by atoms with Gasteiger partial charge in [0.2, 0.25) is 0 Å². The summed E-state index contributed by atoms with van der Waals surface area (Å²) in [5, 5.41) is 0. The first-order chi connectivity index (χ1) is 4.84. The summed E-state index contributed by atoms with van der Waals surface area (Å²) < 4.78 is 2.17. The zero-order chi connectivity index (χ0) is 7.40. The Kier molecular flexibility index (Phi) is 4.88. The monoisotopic (exact) mass is 171 g/mol. The molecule has 1 rings (SSSR count). The molecule has 0 unspecified atom stereocenters. The van der Waals surface area contributed by atoms with E-state index >= 15 is 0 Å². The lowest BCUT2D eigenvalue weighted by Crippen LogP contribution is -3.00. The molecule has 1 nitrogen and oxygen atoms in total. The fraction of sp³-hybridized carbons (Fsp3) is 0.444. The molecule has 0 saturated carbocycles. The molecule has 0 aliphatic carbocycles. The molecule has 0 aliphatic heterocycles. The van der Waals surface area contributed by atoms with Crippen LogP contribution in [0.5, 0.6) is 0 Å². The van der Waals surface area contributed by atoms with E-state index in [4.69, 9.17) is 0 Å². The molecule has 0 bridgehead atoms. The Bertz CT molecular complexity index is 210. The van der Waals surface area contributed by atoms with E-state index in [9.17, 15) is 0 Å². The van der Waals surface area contributed by atoms with Crippen molar-refractivity contribution in [3.8, 4) is 0 Å². The van der Waals surface area contributed by atoms with Gasteiger partial charge in [-0.3, -0.25) is 0 Å². The average molecular weight is 172 g/mol. The van der Waals surface area contributed by atoms with Crippen LogP contribution in [0.4, 0.5) is 0 Å². The fourth-order valence-corrected chi connectivity index (χ4v) is 1.07. The van der Waals surface area contributed by atoms with Crippen LogP contribution < -0.4 is 17.0 Å². The molecule has 0 spiro atoms. The van der Waals surface area contributed by atoms with Gasteiger partial charge >= 0.3 is 0 Å². The molecule has 0 N–H and O–H groups in total. The topological polar surface area (TPSA) is 3.88 Å². The van der Waals surface area contributed by atoms with Crippen molar-refractivity contribution in [3.05, 3.63) is 30.1 Å². The molecule has 0 aromatic carbocycles. The standard InChI is InChI=1S/C9H14N.ClH/c1-3-6-9-7-4-5-8-10(9)2;/h4-5,7-8H,3,6H2,1-2H3;1H/q+1;/p-1. The van der Waals surface area contributed by atoms with Crippen molar-refractivity contribution in [3.63, 3.8) is 0 Å². The average Bonchev–Trinajstić information content (AvgIpc) is 1.94. The number of rotatable bonds is 2. The minimum atomic E-state index is 0. The lowest BCUT2D eigenvalue weighted by molar-refractivity contribution is -0.679. The molecule has 0 fully saturated rings. The Hall–Kier alpha value is -0.560. The molecule has 0 atom stereocenters. The Morgan fingerprint density at radius 1 is 1.36 bits per heavy atom. The van der Waals surface area contributed by atoms with Gasteiger partial charge in [-0.05, 0) is 6.42 Å². The predicted octanol–water partition coefficient (Wildman–Crippen LogP) is -1.53. The van der Waals surface area contributed by atoms with Crippen molar-refractivity contribution in [1.29, 1.82) is 0 Å². The number of hydrogen-bond donors (Lipinski definition) is 0. The van der Waals surface area contributed by atoms with Crippen LogP contribution in [-0.4, -0.2) is 0 Å². The lowest BCUT2D eigenvalue weighted by Gasteiger charge is -1.94. The second-order valence-corrected chi connectivity index (χ2v) is 2.55. The molecule has 0 amide bonds. The zero-order valence-electron chi connectivity index (χ0n) is 7.05. The van der Waals surface area contributed by atoms with Crippen molar-refractivity contribution >= 4 is 0 Å². The lowest BCUT2D eigenvalue weighted by atomic mass is 10.2. The maximum absolute atomic E-state index is 2.20. The Balaban J connectivity index is 0.000001000. The number of hydrogen-bond acceptors (Lipinski definition) is 0. The van der Waals surface area contributed by atoms with Crippen LogP contribution in [0.1, 0.15) is 19.0 Å². The van der Waals surface area contributed by atoms with Crippen LogP contribution in [0.2, 0.25) is 0 Å². The summed E-state index contributed by atoms with van der Waals surface area (Å²) in [6, 6.07) is 6.31. The van der Waals surface area contributed by atoms with Crippen LogP contribution in [0, 0.1) is 0 Å². The second kappa shape index (κ2) is 5.14. The smallest absolute Gasteiger partial charge is 0.181 e. The van der Waals surface area contributed by atoms with Gasteiger partial charge in [0.1, 0.15) is 7.05 Å². The first kappa shape index (κ1) is 10.4. The number of nitrogens with zero attached hydrogens (tertiary/aromatic N) is 1. The maximum atomic E-state index is 2.20. The quantitative estimate of drug-likeness (QED) is 0.476. The first-order valence-electron chi connectivity index (χ1n) is 3.78. The van der Waals surface area contributed by atoms with E-state index in [2.05, 4.69) is 42.9 Å². The minimum absolute atomic E-state index is 0. The van der Waals surface area contributed by atoms with Gasteiger partial charge in [0.25, 0.3) is 0 Å². The molecular formula is C9H14ClN. The van der Waals surface area contributed by atoms with E-state index in [1.807, 2.05) is 0 Å². The van der Waals surface area contributed by atoms with Gasteiger partial charge in [0, 0.05) is 18.6 Å². The molecule has 62 valence electrons. The normalized spacial score (nSPS) is 8.91. The highest BCUT2D eigenvalue weighted by molar-refractivity contribution is 4.96. The Morgan fingerprint density at radius 2 is 2.09 bits per heavy atom. The molecule has 0 saturated heterocycles. The van der Waals surface area contributed by atoms with Gasteiger partial charge in [-0.1, -0.05) is 13.0 Å². The largest absolute Gasteiger partial charge is 1.00 e. The highest BCUT2D eigenvalue weighted by Gasteiger charge is 2.00. The maximum Gasteiger partial charge on any atom is 0.181 e. The van der Waals surface area contributed by atoms with E-state index in [0.717, 1.165) is 0 Å². The third kappa shape index (κ3) is 2.89. The van der Waals surface area contributed by atoms with E-state index in [0.29, 0.717) is 0 Å². The summed E-state index contributed by atoms with van der Waals surface area (Å²) in [6.07, 6.45) is 4.49. The van der Waals surface area contributed by atoms with Crippen molar-refractivity contribution in [2.45, 2.75) is 19.8 Å². The van der Waals surface area contributed by atoms with Crippen molar-refractivity contribution in [2.24, 2.45) is 7.05 Å². The first-order valence-corrected chi connectivity index (χ1v) is 3.78. The van der Waals surface area contributed by atoms with Crippen molar-refractivity contribution in [1.82, 2.24) is 0 Å². The van der Waals surface area contributed by atoms with Crippen molar-refractivity contribution in [2.75, 3.05) is 0 Å². The molecule has 11 heavy (non-hydrogen) atoms. The van der Waals surface area contributed by atoms with Crippen LogP contribution in [0.3, 0.4) is 0 Å². The summed E-state index contributed by atoms with van der Waals surface area (Å²) in [5.74, 6) is 0. The van der Waals surface area contributed by atoms with Gasteiger partial charge in [0.15, 0.2) is 11.9 Å². The van der Waals surface area contributed by atoms with Crippen LogP contribution >= 0.6 is 0 Å². The number of halogens is 1. The molecule has 1 aromatic heterocycles. The molecule has 0 aliphatic rings. The predicted molar refractivity (Wildman–Crippen MR) is 41.6 cm³/mol. The Morgan fingerprint density at radius 3 is 2.64 bits per heavy atom. The van der Waals surface area contributed by atoms with Crippen LogP contribution in [0.25, 0.3) is 0 Å². The van der Waals surface area contributed by atoms with E-state index < -0.39 is 0 Å². The van der Waals surface area contributed by atoms with E-state index in [1.165, 1.54) is 18.5 Å². The van der Waals surface area contributed by atoms with Gasteiger partial charge in [-0.25, -0.2) is 4.57 Å². The highest BCUT2D eigenvalue weighted by atomic mass is 35.5. The SMILES string of the molecule is CCCc1cccc[n+]1C.[Cl-]. The summed E-state index contributed by atoms with van der Waals surface area (Å²) in [7, 11) is 2.09. The molecule has 2 heteroatoms. The highest BCUT2D eigenvalue weighted by Crippen LogP contribution is 1.93. The van der Waals surface area contributed by atoms with Crippen LogP contribution in [0.15, 0.2) is 24.4 Å².